The Morgan fingerprint density at radius 2 is 1.76 bits per heavy atom. The molecule has 0 aliphatic rings. The number of rotatable bonds is 8. The van der Waals surface area contributed by atoms with Crippen molar-refractivity contribution in [2.45, 2.75) is 43.0 Å². The summed E-state index contributed by atoms with van der Waals surface area (Å²) in [7, 11) is -3.58. The van der Waals surface area contributed by atoms with E-state index >= 15 is 0 Å². The third kappa shape index (κ3) is 5.08. The quantitative estimate of drug-likeness (QED) is 0.353. The van der Waals surface area contributed by atoms with Gasteiger partial charge in [0.25, 0.3) is 0 Å². The molecule has 178 valence electrons. The van der Waals surface area contributed by atoms with Crippen LogP contribution >= 0.6 is 11.8 Å². The molecule has 2 aromatic carbocycles. The van der Waals surface area contributed by atoms with Crippen molar-refractivity contribution >= 4 is 49.9 Å². The number of carbonyl (C=O) groups excluding carboxylic acids is 1. The molecule has 0 radical (unpaired) electrons. The van der Waals surface area contributed by atoms with Crippen LogP contribution in [0.15, 0.2) is 64.6 Å². The van der Waals surface area contributed by atoms with Crippen LogP contribution < -0.4 is 10.0 Å². The van der Waals surface area contributed by atoms with Gasteiger partial charge in [-0.25, -0.2) is 13.1 Å². The molecule has 1 unspecified atom stereocenters. The number of hydrogen-bond donors (Lipinski definition) is 2. The van der Waals surface area contributed by atoms with Gasteiger partial charge >= 0.3 is 0 Å². The van der Waals surface area contributed by atoms with Crippen LogP contribution in [-0.2, 0) is 14.8 Å². The summed E-state index contributed by atoms with van der Waals surface area (Å²) in [5.41, 5.74) is 3.35. The average molecular weight is 498 g/mol. The minimum absolute atomic E-state index is 0.158. The summed E-state index contributed by atoms with van der Waals surface area (Å²) in [6.45, 7) is 8.07. The number of amides is 1. The highest BCUT2D eigenvalue weighted by Crippen LogP contribution is 2.28. The van der Waals surface area contributed by atoms with Crippen molar-refractivity contribution in [3.63, 3.8) is 0 Å². The fraction of sp³-hybridized carbons (Fsp3) is 0.292. The fourth-order valence-corrected chi connectivity index (χ4v) is 5.56. The number of carbonyl (C=O) groups is 1. The Labute approximate surface area is 203 Å². The molecule has 1 atom stereocenters. The first-order valence-corrected chi connectivity index (χ1v) is 13.3. The van der Waals surface area contributed by atoms with Crippen LogP contribution in [-0.4, -0.2) is 40.7 Å². The summed E-state index contributed by atoms with van der Waals surface area (Å²) < 4.78 is 29.3. The Balaban J connectivity index is 1.48. The number of fused-ring (bicyclic) bond motifs is 3. The van der Waals surface area contributed by atoms with E-state index in [0.717, 1.165) is 22.1 Å². The van der Waals surface area contributed by atoms with Gasteiger partial charge in [0.05, 0.1) is 15.7 Å². The van der Waals surface area contributed by atoms with Gasteiger partial charge in [-0.2, -0.15) is 0 Å². The van der Waals surface area contributed by atoms with Crippen LogP contribution in [0.5, 0.6) is 0 Å². The summed E-state index contributed by atoms with van der Waals surface area (Å²) >= 11 is 1.32. The highest BCUT2D eigenvalue weighted by atomic mass is 32.2. The number of benzene rings is 2. The van der Waals surface area contributed by atoms with E-state index in [1.807, 2.05) is 49.4 Å². The van der Waals surface area contributed by atoms with Gasteiger partial charge < -0.3 is 5.32 Å². The third-order valence-corrected chi connectivity index (χ3v) is 7.82. The average Bonchev–Trinajstić information content (AvgIpc) is 3.20. The van der Waals surface area contributed by atoms with E-state index in [2.05, 4.69) is 26.3 Å². The molecule has 10 heteroatoms. The lowest BCUT2D eigenvalue weighted by Gasteiger charge is -2.13. The molecular weight excluding hydrogens is 470 g/mol. The molecule has 0 fully saturated rings. The molecule has 4 aromatic rings. The van der Waals surface area contributed by atoms with Crippen molar-refractivity contribution in [2.75, 3.05) is 11.9 Å². The molecule has 1 amide bonds. The second-order valence-corrected chi connectivity index (χ2v) is 11.6. The Morgan fingerprint density at radius 3 is 2.47 bits per heavy atom. The van der Waals surface area contributed by atoms with Crippen LogP contribution in [0, 0.1) is 12.8 Å². The van der Waals surface area contributed by atoms with Crippen LogP contribution in [0.1, 0.15) is 26.3 Å². The molecule has 34 heavy (non-hydrogen) atoms. The number of aryl methyl sites for hydroxylation is 1. The first-order valence-electron chi connectivity index (χ1n) is 11.0. The van der Waals surface area contributed by atoms with Gasteiger partial charge in [0, 0.05) is 17.6 Å². The first-order chi connectivity index (χ1) is 16.2. The van der Waals surface area contributed by atoms with E-state index in [1.54, 1.807) is 19.1 Å². The number of hydrogen-bond acceptors (Lipinski definition) is 6. The maximum atomic E-state index is 12.8. The van der Waals surface area contributed by atoms with E-state index in [4.69, 9.17) is 0 Å². The summed E-state index contributed by atoms with van der Waals surface area (Å²) in [6, 6.07) is 16.1. The van der Waals surface area contributed by atoms with Crippen molar-refractivity contribution in [1.82, 2.24) is 19.3 Å². The van der Waals surface area contributed by atoms with Crippen LogP contribution in [0.4, 0.5) is 5.69 Å². The molecule has 2 N–H and O–H groups in total. The predicted molar refractivity (Wildman–Crippen MR) is 136 cm³/mol. The second-order valence-electron chi connectivity index (χ2n) is 8.54. The van der Waals surface area contributed by atoms with E-state index < -0.39 is 15.3 Å². The zero-order valence-electron chi connectivity index (χ0n) is 19.4. The number of sulfonamides is 1. The topological polar surface area (TPSA) is 105 Å². The molecule has 0 aliphatic heterocycles. The number of para-hydroxylation sites is 1. The molecule has 0 spiro atoms. The molecule has 0 saturated heterocycles. The van der Waals surface area contributed by atoms with Gasteiger partial charge in [-0.15, -0.1) is 10.2 Å². The number of nitrogens with zero attached hydrogens (tertiary/aromatic N) is 3. The van der Waals surface area contributed by atoms with Gasteiger partial charge in [-0.1, -0.05) is 43.8 Å². The SMILES string of the molecule is Cc1cc2nnc(SC(C)C(=O)Nc3ccc(S(=O)(=O)NCC(C)C)cc3)n2c2ccccc12. The van der Waals surface area contributed by atoms with Crippen molar-refractivity contribution < 1.29 is 13.2 Å². The Hall–Kier alpha value is -2.95. The lowest BCUT2D eigenvalue weighted by atomic mass is 10.1. The maximum Gasteiger partial charge on any atom is 0.240 e. The monoisotopic (exact) mass is 497 g/mol. The normalized spacial score (nSPS) is 13.0. The van der Waals surface area contributed by atoms with E-state index in [0.29, 0.717) is 17.4 Å². The van der Waals surface area contributed by atoms with Crippen molar-refractivity contribution in [3.05, 3.63) is 60.2 Å². The summed E-state index contributed by atoms with van der Waals surface area (Å²) in [5, 5.41) is 12.7. The van der Waals surface area contributed by atoms with Gasteiger partial charge in [0.15, 0.2) is 10.8 Å². The number of pyridine rings is 1. The minimum atomic E-state index is -3.58. The zero-order chi connectivity index (χ0) is 24.5. The second kappa shape index (κ2) is 9.73. The van der Waals surface area contributed by atoms with Crippen LogP contribution in [0.25, 0.3) is 16.6 Å². The molecule has 0 saturated carbocycles. The smallest absolute Gasteiger partial charge is 0.240 e. The number of thioether (sulfide) groups is 1. The largest absolute Gasteiger partial charge is 0.325 e. The van der Waals surface area contributed by atoms with Gasteiger partial charge in [-0.3, -0.25) is 9.20 Å². The summed E-state index contributed by atoms with van der Waals surface area (Å²) in [4.78, 5) is 13.0. The first kappa shape index (κ1) is 24.2. The highest BCUT2D eigenvalue weighted by molar-refractivity contribution is 8.00. The van der Waals surface area contributed by atoms with Crippen molar-refractivity contribution in [1.29, 1.82) is 0 Å². The molecule has 4 rings (SSSR count). The van der Waals surface area contributed by atoms with E-state index in [9.17, 15) is 13.2 Å². The predicted octanol–water partition coefficient (Wildman–Crippen LogP) is 4.24. The molecule has 0 bridgehead atoms. The lowest BCUT2D eigenvalue weighted by molar-refractivity contribution is -0.115. The summed E-state index contributed by atoms with van der Waals surface area (Å²) in [5.74, 6) is -0.0107. The zero-order valence-corrected chi connectivity index (χ0v) is 21.1. The standard InChI is InChI=1S/C24H27N5O3S2/c1-15(2)14-25-34(31,32)19-11-9-18(10-12-19)26-23(30)17(4)33-24-28-27-22-13-16(3)20-7-5-6-8-21(20)29(22)24/h5-13,15,17,25H,14H2,1-4H3,(H,26,30). The Kier molecular flexibility index (Phi) is 6.92. The number of nitrogens with one attached hydrogen (secondary N) is 2. The third-order valence-electron chi connectivity index (χ3n) is 5.34. The number of anilines is 1. The van der Waals surface area contributed by atoms with E-state index in [-0.39, 0.29) is 16.7 Å². The maximum absolute atomic E-state index is 12.8. The molecular formula is C24H27N5O3S2. The van der Waals surface area contributed by atoms with E-state index in [1.165, 1.54) is 23.9 Å². The van der Waals surface area contributed by atoms with Crippen molar-refractivity contribution in [3.8, 4) is 0 Å². The Morgan fingerprint density at radius 1 is 1.06 bits per heavy atom. The fourth-order valence-electron chi connectivity index (χ4n) is 3.48. The van der Waals surface area contributed by atoms with Crippen molar-refractivity contribution in [2.24, 2.45) is 5.92 Å². The minimum Gasteiger partial charge on any atom is -0.325 e. The molecule has 0 aliphatic carbocycles. The number of aromatic nitrogens is 3. The van der Waals surface area contributed by atoms with Gasteiger partial charge in [-0.05, 0) is 61.7 Å². The van der Waals surface area contributed by atoms with Crippen LogP contribution in [0.3, 0.4) is 0 Å². The summed E-state index contributed by atoms with van der Waals surface area (Å²) in [6.07, 6.45) is 0. The van der Waals surface area contributed by atoms with Gasteiger partial charge in [0.1, 0.15) is 0 Å². The van der Waals surface area contributed by atoms with Crippen LogP contribution in [0.2, 0.25) is 0 Å². The highest BCUT2D eigenvalue weighted by Gasteiger charge is 2.20. The lowest BCUT2D eigenvalue weighted by Crippen LogP contribution is -2.27. The molecule has 8 nitrogen and oxygen atoms in total. The molecule has 2 aromatic heterocycles. The van der Waals surface area contributed by atoms with Gasteiger partial charge in [0.2, 0.25) is 15.9 Å². The molecule has 2 heterocycles. The Bertz CT molecular complexity index is 1450.